The standard InChI is InChI=1S/C14H14F3N3O/c15-9-5-8(6-10(16)11(9)17)12-19-13(21-20-12)14(7-18)3-1-2-4-14/h5-6H,1-4,7,18H2. The Morgan fingerprint density at radius 1 is 1.14 bits per heavy atom. The minimum absolute atomic E-state index is 0.0301. The Hall–Kier alpha value is -1.89. The molecule has 1 aromatic carbocycles. The molecule has 0 atom stereocenters. The Morgan fingerprint density at radius 3 is 2.33 bits per heavy atom. The van der Waals surface area contributed by atoms with E-state index in [1.807, 2.05) is 0 Å². The van der Waals surface area contributed by atoms with E-state index >= 15 is 0 Å². The van der Waals surface area contributed by atoms with Crippen LogP contribution in [0.2, 0.25) is 0 Å². The van der Waals surface area contributed by atoms with E-state index in [0.717, 1.165) is 37.8 Å². The van der Waals surface area contributed by atoms with Gasteiger partial charge in [-0.2, -0.15) is 4.98 Å². The van der Waals surface area contributed by atoms with E-state index in [4.69, 9.17) is 10.3 Å². The van der Waals surface area contributed by atoms with Gasteiger partial charge in [0.2, 0.25) is 11.7 Å². The average molecular weight is 297 g/mol. The van der Waals surface area contributed by atoms with Gasteiger partial charge in [-0.25, -0.2) is 13.2 Å². The Balaban J connectivity index is 1.99. The SMILES string of the molecule is NCC1(c2nc(-c3cc(F)c(F)c(F)c3)no2)CCCC1. The lowest BCUT2D eigenvalue weighted by Crippen LogP contribution is -2.32. The monoisotopic (exact) mass is 297 g/mol. The Kier molecular flexibility index (Phi) is 3.44. The van der Waals surface area contributed by atoms with Gasteiger partial charge in [-0.1, -0.05) is 18.0 Å². The molecular formula is C14H14F3N3O. The van der Waals surface area contributed by atoms with E-state index in [9.17, 15) is 13.2 Å². The third-order valence-electron chi connectivity index (χ3n) is 4.07. The molecule has 2 aromatic rings. The number of benzene rings is 1. The van der Waals surface area contributed by atoms with E-state index < -0.39 is 17.5 Å². The highest BCUT2D eigenvalue weighted by Gasteiger charge is 2.39. The zero-order chi connectivity index (χ0) is 15.0. The summed E-state index contributed by atoms with van der Waals surface area (Å²) in [5, 5.41) is 3.74. The van der Waals surface area contributed by atoms with Crippen molar-refractivity contribution in [2.45, 2.75) is 31.1 Å². The van der Waals surface area contributed by atoms with E-state index in [0.29, 0.717) is 12.4 Å². The summed E-state index contributed by atoms with van der Waals surface area (Å²) >= 11 is 0. The van der Waals surface area contributed by atoms with Crippen molar-refractivity contribution in [1.82, 2.24) is 10.1 Å². The van der Waals surface area contributed by atoms with Gasteiger partial charge in [-0.3, -0.25) is 0 Å². The van der Waals surface area contributed by atoms with Gasteiger partial charge in [0, 0.05) is 12.1 Å². The van der Waals surface area contributed by atoms with Crippen LogP contribution in [0.5, 0.6) is 0 Å². The molecule has 1 heterocycles. The molecule has 1 aromatic heterocycles. The van der Waals surface area contributed by atoms with Crippen molar-refractivity contribution >= 4 is 0 Å². The first-order valence-electron chi connectivity index (χ1n) is 6.75. The predicted molar refractivity (Wildman–Crippen MR) is 68.8 cm³/mol. The zero-order valence-electron chi connectivity index (χ0n) is 11.2. The van der Waals surface area contributed by atoms with Gasteiger partial charge in [-0.05, 0) is 25.0 Å². The van der Waals surface area contributed by atoms with Crippen LogP contribution in [0.4, 0.5) is 13.2 Å². The van der Waals surface area contributed by atoms with Gasteiger partial charge in [0.05, 0.1) is 5.41 Å². The Morgan fingerprint density at radius 2 is 1.76 bits per heavy atom. The maximum absolute atomic E-state index is 13.3. The molecule has 2 N–H and O–H groups in total. The molecule has 0 aliphatic heterocycles. The smallest absolute Gasteiger partial charge is 0.234 e. The number of nitrogens with two attached hydrogens (primary N) is 1. The first kappa shape index (κ1) is 14.1. The molecule has 0 saturated heterocycles. The van der Waals surface area contributed by atoms with Crippen molar-refractivity contribution in [3.05, 3.63) is 35.5 Å². The lowest BCUT2D eigenvalue weighted by Gasteiger charge is -2.21. The molecule has 0 spiro atoms. The highest BCUT2D eigenvalue weighted by atomic mass is 19.2. The number of halogens is 3. The van der Waals surface area contributed by atoms with Gasteiger partial charge in [-0.15, -0.1) is 0 Å². The van der Waals surface area contributed by atoms with E-state index in [1.165, 1.54) is 0 Å². The van der Waals surface area contributed by atoms with E-state index in [-0.39, 0.29) is 16.8 Å². The topological polar surface area (TPSA) is 64.9 Å². The zero-order valence-corrected chi connectivity index (χ0v) is 11.2. The molecule has 0 bridgehead atoms. The first-order valence-corrected chi connectivity index (χ1v) is 6.75. The molecule has 0 amide bonds. The van der Waals surface area contributed by atoms with E-state index in [2.05, 4.69) is 10.1 Å². The fraction of sp³-hybridized carbons (Fsp3) is 0.429. The van der Waals surface area contributed by atoms with Gasteiger partial charge in [0.25, 0.3) is 0 Å². The third kappa shape index (κ3) is 2.31. The van der Waals surface area contributed by atoms with Crippen molar-refractivity contribution in [3.63, 3.8) is 0 Å². The van der Waals surface area contributed by atoms with E-state index in [1.54, 1.807) is 0 Å². The van der Waals surface area contributed by atoms with Crippen LogP contribution in [0.15, 0.2) is 16.7 Å². The van der Waals surface area contributed by atoms with Crippen LogP contribution in [0.25, 0.3) is 11.4 Å². The Labute approximate surface area is 119 Å². The highest BCUT2D eigenvalue weighted by Crippen LogP contribution is 2.40. The van der Waals surface area contributed by atoms with Crippen molar-refractivity contribution in [2.24, 2.45) is 5.73 Å². The number of aromatic nitrogens is 2. The molecule has 1 fully saturated rings. The van der Waals surface area contributed by atoms with Gasteiger partial charge in [0.15, 0.2) is 17.5 Å². The molecule has 1 saturated carbocycles. The van der Waals surface area contributed by atoms with Crippen molar-refractivity contribution in [2.75, 3.05) is 6.54 Å². The summed E-state index contributed by atoms with van der Waals surface area (Å²) in [5.74, 6) is -3.68. The molecule has 1 aliphatic rings. The van der Waals surface area contributed by atoms with Crippen LogP contribution in [-0.4, -0.2) is 16.7 Å². The van der Waals surface area contributed by atoms with Crippen molar-refractivity contribution < 1.29 is 17.7 Å². The molecule has 112 valence electrons. The summed E-state index contributed by atoms with van der Waals surface area (Å²) in [7, 11) is 0. The van der Waals surface area contributed by atoms with Crippen LogP contribution in [0.1, 0.15) is 31.6 Å². The molecule has 7 heteroatoms. The minimum atomic E-state index is -1.52. The Bertz CT molecular complexity index is 642. The largest absolute Gasteiger partial charge is 0.338 e. The highest BCUT2D eigenvalue weighted by molar-refractivity contribution is 5.54. The minimum Gasteiger partial charge on any atom is -0.338 e. The summed E-state index contributed by atoms with van der Waals surface area (Å²) in [6.45, 7) is 0.376. The van der Waals surface area contributed by atoms with Crippen LogP contribution in [0, 0.1) is 17.5 Å². The quantitative estimate of drug-likeness (QED) is 0.885. The fourth-order valence-electron chi connectivity index (χ4n) is 2.80. The number of nitrogens with zero attached hydrogens (tertiary/aromatic N) is 2. The van der Waals surface area contributed by atoms with Crippen LogP contribution >= 0.6 is 0 Å². The second kappa shape index (κ2) is 5.14. The summed E-state index contributed by atoms with van der Waals surface area (Å²) < 4.78 is 44.7. The molecule has 0 radical (unpaired) electrons. The predicted octanol–water partition coefficient (Wildman–Crippen LogP) is 2.92. The van der Waals surface area contributed by atoms with Crippen LogP contribution < -0.4 is 5.73 Å². The molecule has 21 heavy (non-hydrogen) atoms. The first-order chi connectivity index (χ1) is 10.1. The number of hydrogen-bond acceptors (Lipinski definition) is 4. The van der Waals surface area contributed by atoms with Crippen LogP contribution in [0.3, 0.4) is 0 Å². The molecule has 0 unspecified atom stereocenters. The van der Waals surface area contributed by atoms with Gasteiger partial charge in [0.1, 0.15) is 0 Å². The lowest BCUT2D eigenvalue weighted by molar-refractivity contribution is 0.284. The fourth-order valence-corrected chi connectivity index (χ4v) is 2.80. The second-order valence-corrected chi connectivity index (χ2v) is 5.37. The maximum atomic E-state index is 13.3. The summed E-state index contributed by atoms with van der Waals surface area (Å²) in [6, 6.07) is 1.69. The summed E-state index contributed by atoms with van der Waals surface area (Å²) in [4.78, 5) is 4.20. The van der Waals surface area contributed by atoms with Crippen LogP contribution in [-0.2, 0) is 5.41 Å². The lowest BCUT2D eigenvalue weighted by atomic mass is 9.86. The molecule has 3 rings (SSSR count). The van der Waals surface area contributed by atoms with Crippen molar-refractivity contribution in [3.8, 4) is 11.4 Å². The average Bonchev–Trinajstić information content (AvgIpc) is 3.13. The molecular weight excluding hydrogens is 283 g/mol. The molecule has 1 aliphatic carbocycles. The normalized spacial score (nSPS) is 17.3. The van der Waals surface area contributed by atoms with Gasteiger partial charge < -0.3 is 10.3 Å². The summed E-state index contributed by atoms with van der Waals surface area (Å²) in [6.07, 6.45) is 3.73. The number of rotatable bonds is 3. The maximum Gasteiger partial charge on any atom is 0.234 e. The second-order valence-electron chi connectivity index (χ2n) is 5.37. The number of hydrogen-bond donors (Lipinski definition) is 1. The third-order valence-corrected chi connectivity index (χ3v) is 4.07. The van der Waals surface area contributed by atoms with Gasteiger partial charge >= 0.3 is 0 Å². The van der Waals surface area contributed by atoms with Crippen molar-refractivity contribution in [1.29, 1.82) is 0 Å². The molecule has 4 nitrogen and oxygen atoms in total. The summed E-state index contributed by atoms with van der Waals surface area (Å²) in [5.41, 5.74) is 5.49.